The quantitative estimate of drug-likeness (QED) is 0.131. The number of fused-ring (bicyclic) bond motifs is 5. The highest BCUT2D eigenvalue weighted by Gasteiger charge is 2.28. The molecule has 0 amide bonds. The zero-order valence-corrected chi connectivity index (χ0v) is 18.6. The Labute approximate surface area is 185 Å². The number of hydrogen-bond acceptors (Lipinski definition) is 0. The standard InChI is InChI=1S/C28H23FN3/c1-16-12-20(29)25-19-8-6-7-9-21(19)32-22-14-17(15-28(2,3)30-4)13-18-10-11-31(5)26(24(18)22)23(16)27(25)32/h6-14H,15H2,1-3,5H3/q+1. The largest absolute Gasteiger partial charge is 0.311 e. The molecular weight excluding hydrogens is 397 g/mol. The molecule has 6 rings (SSSR count). The Morgan fingerprint density at radius 2 is 1.81 bits per heavy atom. The van der Waals surface area contributed by atoms with Gasteiger partial charge in [-0.15, -0.1) is 0 Å². The molecule has 0 N–H and O–H groups in total. The van der Waals surface area contributed by atoms with Crippen LogP contribution in [0.3, 0.4) is 0 Å². The summed E-state index contributed by atoms with van der Waals surface area (Å²) in [6.45, 7) is 13.5. The predicted octanol–water partition coefficient (Wildman–Crippen LogP) is 6.50. The maximum absolute atomic E-state index is 15.4. The number of aryl methyl sites for hydroxylation is 2. The summed E-state index contributed by atoms with van der Waals surface area (Å²) in [4.78, 5) is 3.82. The molecule has 6 aromatic rings. The third-order valence-corrected chi connectivity index (χ3v) is 6.78. The van der Waals surface area contributed by atoms with Gasteiger partial charge < -0.3 is 9.25 Å². The number of pyridine rings is 2. The van der Waals surface area contributed by atoms with Gasteiger partial charge in [-0.2, -0.15) is 0 Å². The van der Waals surface area contributed by atoms with Crippen molar-refractivity contribution in [3.8, 4) is 0 Å². The number of benzene rings is 3. The first-order valence-electron chi connectivity index (χ1n) is 10.9. The van der Waals surface area contributed by atoms with Gasteiger partial charge in [-0.1, -0.05) is 24.3 Å². The van der Waals surface area contributed by atoms with Crippen LogP contribution in [-0.2, 0) is 13.5 Å². The molecule has 0 bridgehead atoms. The third-order valence-electron chi connectivity index (χ3n) is 6.78. The molecule has 0 aliphatic carbocycles. The van der Waals surface area contributed by atoms with Gasteiger partial charge in [0, 0.05) is 30.7 Å². The van der Waals surface area contributed by atoms with Gasteiger partial charge >= 0.3 is 0 Å². The number of aromatic nitrogens is 2. The van der Waals surface area contributed by atoms with Crippen LogP contribution in [-0.4, -0.2) is 9.94 Å². The van der Waals surface area contributed by atoms with E-state index in [-0.39, 0.29) is 5.82 Å². The maximum Gasteiger partial charge on any atom is 0.231 e. The van der Waals surface area contributed by atoms with Gasteiger partial charge in [0.2, 0.25) is 11.1 Å². The molecule has 0 unspecified atom stereocenters. The number of hydrogen-bond donors (Lipinski definition) is 0. The Bertz CT molecular complexity index is 1770. The van der Waals surface area contributed by atoms with E-state index in [0.717, 1.165) is 49.4 Å². The highest BCUT2D eigenvalue weighted by molar-refractivity contribution is 6.25. The Kier molecular flexibility index (Phi) is 3.67. The molecule has 4 heteroatoms. The van der Waals surface area contributed by atoms with Crippen molar-refractivity contribution in [1.82, 2.24) is 4.40 Å². The Hall–Kier alpha value is -3.71. The summed E-state index contributed by atoms with van der Waals surface area (Å²) in [5.74, 6) is -0.181. The Morgan fingerprint density at radius 3 is 2.59 bits per heavy atom. The molecule has 0 spiro atoms. The van der Waals surface area contributed by atoms with Crippen molar-refractivity contribution in [2.45, 2.75) is 32.7 Å². The molecule has 0 atom stereocenters. The minimum Gasteiger partial charge on any atom is -0.311 e. The molecular formula is C28H23FN3+. The van der Waals surface area contributed by atoms with E-state index in [9.17, 15) is 0 Å². The molecule has 3 aromatic carbocycles. The highest BCUT2D eigenvalue weighted by atomic mass is 19.1. The van der Waals surface area contributed by atoms with Gasteiger partial charge in [0.05, 0.1) is 33.7 Å². The summed E-state index contributed by atoms with van der Waals surface area (Å²) in [5.41, 5.74) is 5.70. The van der Waals surface area contributed by atoms with Crippen LogP contribution in [0.2, 0.25) is 0 Å². The fourth-order valence-corrected chi connectivity index (χ4v) is 5.45. The van der Waals surface area contributed by atoms with Crippen LogP contribution in [0.4, 0.5) is 4.39 Å². The lowest BCUT2D eigenvalue weighted by Gasteiger charge is -2.16. The summed E-state index contributed by atoms with van der Waals surface area (Å²) in [5, 5.41) is 5.01. The summed E-state index contributed by atoms with van der Waals surface area (Å²) in [6, 6.07) is 16.3. The minimum absolute atomic E-state index is 0.181. The zero-order valence-electron chi connectivity index (χ0n) is 18.6. The highest BCUT2D eigenvalue weighted by Crippen LogP contribution is 2.42. The van der Waals surface area contributed by atoms with Gasteiger partial charge in [-0.3, -0.25) is 0 Å². The van der Waals surface area contributed by atoms with Crippen molar-refractivity contribution < 1.29 is 8.96 Å². The molecule has 0 radical (unpaired) electrons. The smallest absolute Gasteiger partial charge is 0.231 e. The Balaban J connectivity index is 1.96. The number of halogens is 1. The lowest BCUT2D eigenvalue weighted by molar-refractivity contribution is -0.643. The van der Waals surface area contributed by atoms with Crippen LogP contribution in [0.5, 0.6) is 0 Å². The first-order valence-corrected chi connectivity index (χ1v) is 10.9. The molecule has 3 nitrogen and oxygen atoms in total. The molecule has 156 valence electrons. The minimum atomic E-state index is -0.480. The second-order valence-electron chi connectivity index (χ2n) is 9.58. The molecule has 0 fully saturated rings. The topological polar surface area (TPSA) is 12.7 Å². The van der Waals surface area contributed by atoms with Gasteiger partial charge in [0.25, 0.3) is 0 Å². The number of nitrogens with zero attached hydrogens (tertiary/aromatic N) is 3. The fraction of sp³-hybridized carbons (Fsp3) is 0.214. The van der Waals surface area contributed by atoms with Crippen molar-refractivity contribution in [2.75, 3.05) is 0 Å². The normalized spacial score (nSPS) is 12.6. The molecule has 0 aliphatic heterocycles. The van der Waals surface area contributed by atoms with E-state index in [4.69, 9.17) is 6.57 Å². The second kappa shape index (κ2) is 6.17. The molecule has 32 heavy (non-hydrogen) atoms. The van der Waals surface area contributed by atoms with E-state index in [0.29, 0.717) is 11.8 Å². The van der Waals surface area contributed by atoms with E-state index in [1.807, 2.05) is 39.0 Å². The zero-order chi connectivity index (χ0) is 22.4. The molecule has 0 saturated carbocycles. The van der Waals surface area contributed by atoms with Crippen molar-refractivity contribution in [3.63, 3.8) is 0 Å². The number of rotatable bonds is 2. The van der Waals surface area contributed by atoms with E-state index < -0.39 is 5.54 Å². The average molecular weight is 421 g/mol. The van der Waals surface area contributed by atoms with E-state index in [2.05, 4.69) is 51.3 Å². The summed E-state index contributed by atoms with van der Waals surface area (Å²) >= 11 is 0. The van der Waals surface area contributed by atoms with E-state index in [1.165, 1.54) is 5.39 Å². The van der Waals surface area contributed by atoms with Crippen LogP contribution in [0.25, 0.3) is 53.8 Å². The van der Waals surface area contributed by atoms with Gasteiger partial charge in [0.15, 0.2) is 6.20 Å². The van der Waals surface area contributed by atoms with Crippen molar-refractivity contribution in [2.24, 2.45) is 7.05 Å². The van der Waals surface area contributed by atoms with Gasteiger partial charge in [-0.25, -0.2) is 15.5 Å². The fourth-order valence-electron chi connectivity index (χ4n) is 5.45. The average Bonchev–Trinajstić information content (AvgIpc) is 3.10. The van der Waals surface area contributed by atoms with Gasteiger partial charge in [-0.05, 0) is 41.6 Å². The first kappa shape index (κ1) is 19.0. The molecule has 0 aliphatic rings. The van der Waals surface area contributed by atoms with E-state index >= 15 is 4.39 Å². The SMILES string of the molecule is [C-]#[N+]C(C)(C)Cc1cc2cc[n+](C)c3c4c(C)cc(F)c5c6ccccc6n(c(c1)c23)c54. The summed E-state index contributed by atoms with van der Waals surface area (Å²) in [7, 11) is 2.06. The number of para-hydroxylation sites is 1. The summed E-state index contributed by atoms with van der Waals surface area (Å²) in [6.07, 6.45) is 2.74. The monoisotopic (exact) mass is 420 g/mol. The Morgan fingerprint density at radius 1 is 1.03 bits per heavy atom. The van der Waals surface area contributed by atoms with Crippen LogP contribution in [0, 0.1) is 19.3 Å². The molecule has 3 aromatic heterocycles. The predicted molar refractivity (Wildman–Crippen MR) is 129 cm³/mol. The van der Waals surface area contributed by atoms with Crippen molar-refractivity contribution in [3.05, 3.63) is 83.1 Å². The molecule has 0 saturated heterocycles. The van der Waals surface area contributed by atoms with Crippen LogP contribution < -0.4 is 4.57 Å². The lowest BCUT2D eigenvalue weighted by atomic mass is 9.92. The summed E-state index contributed by atoms with van der Waals surface area (Å²) < 4.78 is 19.8. The maximum atomic E-state index is 15.4. The third kappa shape index (κ3) is 2.37. The first-order chi connectivity index (χ1) is 15.3. The van der Waals surface area contributed by atoms with Crippen molar-refractivity contribution >= 4 is 49.0 Å². The van der Waals surface area contributed by atoms with Crippen molar-refractivity contribution in [1.29, 1.82) is 0 Å². The van der Waals surface area contributed by atoms with E-state index in [1.54, 1.807) is 6.07 Å². The van der Waals surface area contributed by atoms with Crippen LogP contribution >= 0.6 is 0 Å². The lowest BCUT2D eigenvalue weighted by Crippen LogP contribution is -2.29. The second-order valence-corrected chi connectivity index (χ2v) is 9.58. The molecule has 3 heterocycles. The van der Waals surface area contributed by atoms with Crippen LogP contribution in [0.1, 0.15) is 25.0 Å². The van der Waals surface area contributed by atoms with Gasteiger partial charge in [0.1, 0.15) is 12.9 Å². The van der Waals surface area contributed by atoms with Crippen LogP contribution in [0.15, 0.2) is 54.7 Å².